The average Bonchev–Trinajstić information content (AvgIpc) is 2.48. The van der Waals surface area contributed by atoms with Gasteiger partial charge in [0.15, 0.2) is 6.29 Å². The van der Waals surface area contributed by atoms with Crippen LogP contribution in [0.1, 0.15) is 5.56 Å². The highest BCUT2D eigenvalue weighted by Crippen LogP contribution is 2.26. The lowest BCUT2D eigenvalue weighted by atomic mass is 9.99. The fourth-order valence-corrected chi connectivity index (χ4v) is 3.19. The van der Waals surface area contributed by atoms with Gasteiger partial charge in [-0.3, -0.25) is 4.18 Å². The van der Waals surface area contributed by atoms with Crippen molar-refractivity contribution < 1.29 is 37.8 Å². The summed E-state index contributed by atoms with van der Waals surface area (Å²) in [6, 6.07) is 5.78. The molecule has 1 heterocycles. The van der Waals surface area contributed by atoms with Crippen LogP contribution in [-0.2, 0) is 19.0 Å². The predicted octanol–water partition coefficient (Wildman–Crippen LogP) is -1.50. The minimum Gasteiger partial charge on any atom is -0.394 e. The Balaban J connectivity index is 2.24. The zero-order chi connectivity index (χ0) is 16.5. The van der Waals surface area contributed by atoms with Gasteiger partial charge >= 0.3 is 0 Å². The molecule has 1 saturated heterocycles. The maximum atomic E-state index is 12.2. The number of ether oxygens (including phenoxy) is 1. The van der Waals surface area contributed by atoms with Gasteiger partial charge in [-0.1, -0.05) is 17.7 Å². The first-order valence-electron chi connectivity index (χ1n) is 6.57. The molecule has 2 rings (SSSR count). The van der Waals surface area contributed by atoms with Gasteiger partial charge in [0.2, 0.25) is 0 Å². The maximum absolute atomic E-state index is 12.2. The molecule has 9 heteroatoms. The lowest BCUT2D eigenvalue weighted by molar-refractivity contribution is -0.281. The quantitative estimate of drug-likeness (QED) is 0.489. The standard InChI is InChI=1S/C13H18O8S/c1-7-2-4-8(5-3-7)22(18,19)21-12-10(15)9(6-14)20-13(17)11(12)16/h2-5,9-17H,6H2,1H3/t9-,10-,11+,12-,13-/m0/s1. The molecule has 1 aromatic carbocycles. The van der Waals surface area contributed by atoms with Gasteiger partial charge in [-0.2, -0.15) is 8.42 Å². The molecule has 0 saturated carbocycles. The summed E-state index contributed by atoms with van der Waals surface area (Å²) in [6.07, 6.45) is -8.11. The molecule has 1 aliphatic rings. The van der Waals surface area contributed by atoms with Gasteiger partial charge in [-0.15, -0.1) is 0 Å². The molecular weight excluding hydrogens is 316 g/mol. The van der Waals surface area contributed by atoms with E-state index in [1.807, 2.05) is 0 Å². The molecule has 22 heavy (non-hydrogen) atoms. The summed E-state index contributed by atoms with van der Waals surface area (Å²) < 4.78 is 34.0. The molecule has 0 spiro atoms. The van der Waals surface area contributed by atoms with Crippen molar-refractivity contribution in [2.45, 2.75) is 42.5 Å². The number of aryl methyl sites for hydroxylation is 1. The third-order valence-corrected chi connectivity index (χ3v) is 4.71. The first-order chi connectivity index (χ1) is 10.3. The number of aliphatic hydroxyl groups is 4. The van der Waals surface area contributed by atoms with E-state index in [2.05, 4.69) is 0 Å². The fourth-order valence-electron chi connectivity index (χ4n) is 2.09. The van der Waals surface area contributed by atoms with Crippen LogP contribution >= 0.6 is 0 Å². The van der Waals surface area contributed by atoms with Crippen molar-refractivity contribution in [3.8, 4) is 0 Å². The number of rotatable bonds is 4. The van der Waals surface area contributed by atoms with Crippen molar-refractivity contribution in [1.82, 2.24) is 0 Å². The van der Waals surface area contributed by atoms with Crippen LogP contribution in [0.15, 0.2) is 29.2 Å². The molecule has 8 nitrogen and oxygen atoms in total. The van der Waals surface area contributed by atoms with Crippen LogP contribution in [0.4, 0.5) is 0 Å². The SMILES string of the molecule is Cc1ccc(S(=O)(=O)O[C@H]2[C@@H](O)[C@H](CO)O[C@H](O)[C@@H]2O)cc1. The van der Waals surface area contributed by atoms with E-state index >= 15 is 0 Å². The van der Waals surface area contributed by atoms with E-state index in [4.69, 9.17) is 14.0 Å². The Labute approximate surface area is 127 Å². The summed E-state index contributed by atoms with van der Waals surface area (Å²) in [5, 5.41) is 38.2. The normalized spacial score (nSPS) is 32.9. The second kappa shape index (κ2) is 6.59. The Kier molecular flexibility index (Phi) is 5.17. The van der Waals surface area contributed by atoms with Crippen molar-refractivity contribution in [3.63, 3.8) is 0 Å². The van der Waals surface area contributed by atoms with E-state index in [0.29, 0.717) is 0 Å². The molecule has 5 atom stereocenters. The van der Waals surface area contributed by atoms with Gasteiger partial charge in [0.05, 0.1) is 11.5 Å². The second-order valence-corrected chi connectivity index (χ2v) is 6.63. The molecule has 0 amide bonds. The highest BCUT2D eigenvalue weighted by Gasteiger charge is 2.46. The summed E-state index contributed by atoms with van der Waals surface area (Å²) in [4.78, 5) is -0.154. The van der Waals surface area contributed by atoms with E-state index in [1.54, 1.807) is 19.1 Å². The average molecular weight is 334 g/mol. The summed E-state index contributed by atoms with van der Waals surface area (Å²) in [5.41, 5.74) is 0.848. The summed E-state index contributed by atoms with van der Waals surface area (Å²) in [7, 11) is -4.27. The topological polar surface area (TPSA) is 134 Å². The van der Waals surface area contributed by atoms with Crippen LogP contribution in [0.25, 0.3) is 0 Å². The van der Waals surface area contributed by atoms with Crippen molar-refractivity contribution >= 4 is 10.1 Å². The minimum absolute atomic E-state index is 0.154. The lowest BCUT2D eigenvalue weighted by Crippen LogP contribution is -2.59. The number of aliphatic hydroxyl groups excluding tert-OH is 4. The van der Waals surface area contributed by atoms with Gasteiger partial charge in [-0.05, 0) is 19.1 Å². The Hall–Kier alpha value is -1.07. The minimum atomic E-state index is -4.27. The van der Waals surface area contributed by atoms with Gasteiger partial charge in [-0.25, -0.2) is 0 Å². The highest BCUT2D eigenvalue weighted by atomic mass is 32.2. The second-order valence-electron chi connectivity index (χ2n) is 5.06. The summed E-state index contributed by atoms with van der Waals surface area (Å²) in [5.74, 6) is 0. The molecule has 0 aliphatic carbocycles. The first-order valence-corrected chi connectivity index (χ1v) is 7.97. The van der Waals surface area contributed by atoms with E-state index in [-0.39, 0.29) is 4.90 Å². The van der Waals surface area contributed by atoms with Crippen molar-refractivity contribution in [2.75, 3.05) is 6.61 Å². The number of hydrogen-bond acceptors (Lipinski definition) is 8. The van der Waals surface area contributed by atoms with E-state index in [0.717, 1.165) is 5.56 Å². The maximum Gasteiger partial charge on any atom is 0.297 e. The van der Waals surface area contributed by atoms with Gasteiger partial charge in [0.1, 0.15) is 24.4 Å². The van der Waals surface area contributed by atoms with Crippen LogP contribution in [0.3, 0.4) is 0 Å². The monoisotopic (exact) mass is 334 g/mol. The van der Waals surface area contributed by atoms with E-state index < -0.39 is 47.4 Å². The summed E-state index contributed by atoms with van der Waals surface area (Å²) in [6.45, 7) is 1.11. The fraction of sp³-hybridized carbons (Fsp3) is 0.538. The molecule has 1 aromatic rings. The molecular formula is C13H18O8S. The van der Waals surface area contributed by atoms with Gasteiger partial charge in [0.25, 0.3) is 10.1 Å². The zero-order valence-electron chi connectivity index (χ0n) is 11.7. The Morgan fingerprint density at radius 2 is 1.73 bits per heavy atom. The third-order valence-electron chi connectivity index (χ3n) is 3.39. The van der Waals surface area contributed by atoms with Crippen molar-refractivity contribution in [3.05, 3.63) is 29.8 Å². The Bertz CT molecular complexity index is 599. The molecule has 0 bridgehead atoms. The molecule has 0 unspecified atom stereocenters. The van der Waals surface area contributed by atoms with E-state index in [1.165, 1.54) is 12.1 Å². The van der Waals surface area contributed by atoms with Crippen molar-refractivity contribution in [2.24, 2.45) is 0 Å². The van der Waals surface area contributed by atoms with Gasteiger partial charge < -0.3 is 25.2 Å². The van der Waals surface area contributed by atoms with Crippen LogP contribution < -0.4 is 0 Å². The molecule has 1 aliphatic heterocycles. The van der Waals surface area contributed by atoms with Crippen LogP contribution in [0, 0.1) is 6.92 Å². The predicted molar refractivity (Wildman–Crippen MR) is 73.2 cm³/mol. The lowest BCUT2D eigenvalue weighted by Gasteiger charge is -2.39. The summed E-state index contributed by atoms with van der Waals surface area (Å²) >= 11 is 0. The molecule has 124 valence electrons. The zero-order valence-corrected chi connectivity index (χ0v) is 12.5. The Morgan fingerprint density at radius 1 is 1.14 bits per heavy atom. The largest absolute Gasteiger partial charge is 0.394 e. The number of benzene rings is 1. The van der Waals surface area contributed by atoms with Crippen molar-refractivity contribution in [1.29, 1.82) is 0 Å². The van der Waals surface area contributed by atoms with Crippen LogP contribution in [0.2, 0.25) is 0 Å². The van der Waals surface area contributed by atoms with Crippen LogP contribution in [0.5, 0.6) is 0 Å². The van der Waals surface area contributed by atoms with Gasteiger partial charge in [0, 0.05) is 0 Å². The molecule has 1 fully saturated rings. The third kappa shape index (κ3) is 3.46. The Morgan fingerprint density at radius 3 is 2.27 bits per heavy atom. The number of hydrogen-bond donors (Lipinski definition) is 4. The van der Waals surface area contributed by atoms with E-state index in [9.17, 15) is 23.7 Å². The molecule has 0 aromatic heterocycles. The molecule has 0 radical (unpaired) electrons. The first kappa shape index (κ1) is 17.3. The molecule has 4 N–H and O–H groups in total. The van der Waals surface area contributed by atoms with Crippen LogP contribution in [-0.4, -0.2) is 66.2 Å². The highest BCUT2D eigenvalue weighted by molar-refractivity contribution is 7.86. The smallest absolute Gasteiger partial charge is 0.297 e.